The third-order valence-electron chi connectivity index (χ3n) is 4.71. The van der Waals surface area contributed by atoms with E-state index < -0.39 is 0 Å². The van der Waals surface area contributed by atoms with E-state index in [1.807, 2.05) is 79.7 Å². The van der Waals surface area contributed by atoms with E-state index in [1.54, 1.807) is 7.11 Å². The number of nitrogens with zero attached hydrogens (tertiary/aromatic N) is 2. The van der Waals surface area contributed by atoms with Crippen molar-refractivity contribution < 1.29 is 9.53 Å². The first kappa shape index (κ1) is 19.4. The minimum atomic E-state index is -0.337. The van der Waals surface area contributed by atoms with Crippen LogP contribution in [-0.4, -0.2) is 23.0 Å². The van der Waals surface area contributed by atoms with Crippen LogP contribution in [0.5, 0.6) is 5.75 Å². The van der Waals surface area contributed by atoms with Crippen LogP contribution >= 0.6 is 0 Å². The Morgan fingerprint density at radius 2 is 1.77 bits per heavy atom. The van der Waals surface area contributed by atoms with E-state index in [-0.39, 0.29) is 11.7 Å². The van der Waals surface area contributed by atoms with Crippen LogP contribution in [-0.2, 0) is 6.54 Å². The Bertz CT molecular complexity index is 1190. The number of amides is 1. The van der Waals surface area contributed by atoms with Crippen LogP contribution < -0.4 is 15.4 Å². The Labute approximate surface area is 175 Å². The Hall–Kier alpha value is -3.93. The molecule has 150 valence electrons. The Morgan fingerprint density at radius 3 is 2.57 bits per heavy atom. The molecule has 0 aliphatic carbocycles. The molecule has 2 N–H and O–H groups in total. The highest BCUT2D eigenvalue weighted by Crippen LogP contribution is 2.24. The maximum atomic E-state index is 12.8. The molecule has 0 aliphatic heterocycles. The molecule has 0 saturated heterocycles. The van der Waals surface area contributed by atoms with Crippen molar-refractivity contribution >= 4 is 28.3 Å². The molecule has 0 bridgehead atoms. The zero-order chi connectivity index (χ0) is 20.9. The van der Waals surface area contributed by atoms with E-state index in [0.717, 1.165) is 22.4 Å². The molecule has 0 radical (unpaired) electrons. The fourth-order valence-electron chi connectivity index (χ4n) is 3.09. The second-order valence-corrected chi connectivity index (χ2v) is 6.94. The van der Waals surface area contributed by atoms with Crippen LogP contribution in [0, 0.1) is 6.92 Å². The third-order valence-corrected chi connectivity index (χ3v) is 4.71. The lowest BCUT2D eigenvalue weighted by molar-refractivity contribution is 0.0941. The van der Waals surface area contributed by atoms with Gasteiger partial charge in [-0.15, -0.1) is 0 Å². The average molecular weight is 398 g/mol. The molecule has 1 heterocycles. The average Bonchev–Trinajstić information content (AvgIpc) is 2.79. The lowest BCUT2D eigenvalue weighted by Gasteiger charge is -2.11. The van der Waals surface area contributed by atoms with Crippen molar-refractivity contribution in [2.45, 2.75) is 13.5 Å². The summed E-state index contributed by atoms with van der Waals surface area (Å²) in [4.78, 5) is 21.7. The predicted octanol–water partition coefficient (Wildman–Crippen LogP) is 4.62. The number of aryl methyl sites for hydroxylation is 1. The maximum absolute atomic E-state index is 12.8. The van der Waals surface area contributed by atoms with Crippen LogP contribution in [0.3, 0.4) is 0 Å². The number of hydrogen-bond acceptors (Lipinski definition) is 5. The van der Waals surface area contributed by atoms with Crippen molar-refractivity contribution in [2.75, 3.05) is 12.4 Å². The lowest BCUT2D eigenvalue weighted by Crippen LogP contribution is -2.25. The van der Waals surface area contributed by atoms with Crippen molar-refractivity contribution in [2.24, 2.45) is 0 Å². The highest BCUT2D eigenvalue weighted by molar-refractivity contribution is 5.97. The topological polar surface area (TPSA) is 76.1 Å². The zero-order valence-corrected chi connectivity index (χ0v) is 16.8. The number of fused-ring (bicyclic) bond motifs is 1. The van der Waals surface area contributed by atoms with Gasteiger partial charge >= 0.3 is 0 Å². The fraction of sp³-hybridized carbons (Fsp3) is 0.125. The van der Waals surface area contributed by atoms with Gasteiger partial charge in [-0.2, -0.15) is 0 Å². The van der Waals surface area contributed by atoms with Crippen molar-refractivity contribution in [3.63, 3.8) is 0 Å². The van der Waals surface area contributed by atoms with Gasteiger partial charge in [0.15, 0.2) is 0 Å². The first-order valence-corrected chi connectivity index (χ1v) is 9.64. The molecule has 0 saturated carbocycles. The smallest absolute Gasteiger partial charge is 0.289 e. The van der Waals surface area contributed by atoms with Gasteiger partial charge < -0.3 is 15.4 Å². The summed E-state index contributed by atoms with van der Waals surface area (Å²) in [7, 11) is 1.61. The number of rotatable bonds is 6. The summed E-state index contributed by atoms with van der Waals surface area (Å²) >= 11 is 0. The molecule has 6 nitrogen and oxygen atoms in total. The van der Waals surface area contributed by atoms with E-state index in [4.69, 9.17) is 4.74 Å². The maximum Gasteiger partial charge on any atom is 0.289 e. The summed E-state index contributed by atoms with van der Waals surface area (Å²) < 4.78 is 5.23. The van der Waals surface area contributed by atoms with Gasteiger partial charge in [0.2, 0.25) is 5.82 Å². The van der Waals surface area contributed by atoms with Crippen molar-refractivity contribution in [1.29, 1.82) is 0 Å². The quantitative estimate of drug-likeness (QED) is 0.496. The molecule has 6 heteroatoms. The van der Waals surface area contributed by atoms with Crippen molar-refractivity contribution in [3.05, 3.63) is 89.7 Å². The molecule has 4 aromatic rings. The van der Waals surface area contributed by atoms with Crippen LogP contribution in [0.1, 0.15) is 21.7 Å². The van der Waals surface area contributed by atoms with Crippen molar-refractivity contribution in [3.8, 4) is 5.75 Å². The monoisotopic (exact) mass is 398 g/mol. The molecule has 0 spiro atoms. The summed E-state index contributed by atoms with van der Waals surface area (Å²) in [5.74, 6) is 1.12. The summed E-state index contributed by atoms with van der Waals surface area (Å²) in [6.07, 6.45) is 0. The SMILES string of the molecule is COc1cccc(CNC(=O)c2nc(Nc3ccc(C)cc3)c3ccccc3n2)c1. The molecule has 1 aromatic heterocycles. The highest BCUT2D eigenvalue weighted by atomic mass is 16.5. The molecule has 0 aliphatic rings. The number of para-hydroxylation sites is 1. The summed E-state index contributed by atoms with van der Waals surface area (Å²) in [5, 5.41) is 7.04. The van der Waals surface area contributed by atoms with E-state index >= 15 is 0 Å². The minimum Gasteiger partial charge on any atom is -0.497 e. The standard InChI is InChI=1S/C24H22N4O2/c1-16-10-12-18(13-11-16)26-22-20-8-3-4-9-21(20)27-23(28-22)24(29)25-15-17-6-5-7-19(14-17)30-2/h3-14H,15H2,1-2H3,(H,25,29)(H,26,27,28). The van der Waals surface area contributed by atoms with Gasteiger partial charge in [-0.1, -0.05) is 42.0 Å². The summed E-state index contributed by atoms with van der Waals surface area (Å²) in [5.41, 5.74) is 3.70. The van der Waals surface area contributed by atoms with Gasteiger partial charge in [0.25, 0.3) is 5.91 Å². The number of anilines is 2. The largest absolute Gasteiger partial charge is 0.497 e. The molecule has 0 fully saturated rings. The van der Waals surface area contributed by atoms with Crippen LogP contribution in [0.4, 0.5) is 11.5 Å². The number of benzene rings is 3. The van der Waals surface area contributed by atoms with Crippen molar-refractivity contribution in [1.82, 2.24) is 15.3 Å². The van der Waals surface area contributed by atoms with E-state index in [9.17, 15) is 4.79 Å². The predicted molar refractivity (Wildman–Crippen MR) is 118 cm³/mol. The first-order chi connectivity index (χ1) is 14.6. The Kier molecular flexibility index (Phi) is 5.57. The molecule has 0 unspecified atom stereocenters. The highest BCUT2D eigenvalue weighted by Gasteiger charge is 2.14. The third kappa shape index (κ3) is 4.38. The van der Waals surface area contributed by atoms with E-state index in [1.165, 1.54) is 5.56 Å². The summed E-state index contributed by atoms with van der Waals surface area (Å²) in [6, 6.07) is 23.2. The van der Waals surface area contributed by atoms with Gasteiger partial charge in [0.05, 0.1) is 12.6 Å². The number of carbonyl (C=O) groups is 1. The molecule has 30 heavy (non-hydrogen) atoms. The molecule has 0 atom stereocenters. The van der Waals surface area contributed by atoms with Crippen LogP contribution in [0.2, 0.25) is 0 Å². The van der Waals surface area contributed by atoms with Crippen LogP contribution in [0.25, 0.3) is 10.9 Å². The Balaban J connectivity index is 1.60. The lowest BCUT2D eigenvalue weighted by atomic mass is 10.2. The van der Waals surface area contributed by atoms with Gasteiger partial charge in [-0.25, -0.2) is 9.97 Å². The summed E-state index contributed by atoms with van der Waals surface area (Å²) in [6.45, 7) is 2.39. The first-order valence-electron chi connectivity index (χ1n) is 9.64. The van der Waals surface area contributed by atoms with Gasteiger partial charge in [-0.05, 0) is 48.9 Å². The van der Waals surface area contributed by atoms with Crippen LogP contribution in [0.15, 0.2) is 72.8 Å². The number of nitrogens with one attached hydrogen (secondary N) is 2. The van der Waals surface area contributed by atoms with E-state index in [2.05, 4.69) is 20.6 Å². The minimum absolute atomic E-state index is 0.117. The second-order valence-electron chi connectivity index (χ2n) is 6.94. The molecular formula is C24H22N4O2. The van der Waals surface area contributed by atoms with Gasteiger partial charge in [0, 0.05) is 17.6 Å². The van der Waals surface area contributed by atoms with Gasteiger partial charge in [0.1, 0.15) is 11.6 Å². The molecule has 1 amide bonds. The van der Waals surface area contributed by atoms with Gasteiger partial charge in [-0.3, -0.25) is 4.79 Å². The zero-order valence-electron chi connectivity index (χ0n) is 16.8. The number of carbonyl (C=O) groups excluding carboxylic acids is 1. The Morgan fingerprint density at radius 1 is 0.967 bits per heavy atom. The fourth-order valence-corrected chi connectivity index (χ4v) is 3.09. The number of ether oxygens (including phenoxy) is 1. The number of hydrogen-bond donors (Lipinski definition) is 2. The second kappa shape index (κ2) is 8.61. The molecule has 3 aromatic carbocycles. The van der Waals surface area contributed by atoms with E-state index in [0.29, 0.717) is 17.9 Å². The number of methoxy groups -OCH3 is 1. The molecular weight excluding hydrogens is 376 g/mol. The number of aromatic nitrogens is 2. The molecule has 4 rings (SSSR count). The normalized spacial score (nSPS) is 10.6.